The lowest BCUT2D eigenvalue weighted by molar-refractivity contribution is -0.138. The zero-order valence-corrected chi connectivity index (χ0v) is 13.8. The van der Waals surface area contributed by atoms with E-state index in [1.807, 2.05) is 6.07 Å². The Morgan fingerprint density at radius 1 is 1.13 bits per heavy atom. The monoisotopic (exact) mass is 315 g/mol. The lowest BCUT2D eigenvalue weighted by Gasteiger charge is -2.39. The highest BCUT2D eigenvalue weighted by atomic mass is 16.2. The third-order valence-electron chi connectivity index (χ3n) is 4.97. The van der Waals surface area contributed by atoms with Gasteiger partial charge in [-0.05, 0) is 32.0 Å². The molecule has 0 saturated carbocycles. The molecule has 2 aliphatic heterocycles. The predicted molar refractivity (Wildman–Crippen MR) is 90.3 cm³/mol. The van der Waals surface area contributed by atoms with Crippen LogP contribution in [0.2, 0.25) is 0 Å². The minimum atomic E-state index is -0.0158. The van der Waals surface area contributed by atoms with Gasteiger partial charge in [0.05, 0.1) is 0 Å². The van der Waals surface area contributed by atoms with Crippen LogP contribution in [0.3, 0.4) is 0 Å². The highest BCUT2D eigenvalue weighted by molar-refractivity contribution is 6.01. The molecule has 5 heteroatoms. The fourth-order valence-corrected chi connectivity index (χ4v) is 3.50. The molecule has 2 saturated heterocycles. The number of piperidine rings is 1. The Bertz CT molecular complexity index is 545. The van der Waals surface area contributed by atoms with Gasteiger partial charge >= 0.3 is 0 Å². The topological polar surface area (TPSA) is 43.9 Å². The van der Waals surface area contributed by atoms with E-state index in [0.29, 0.717) is 25.4 Å². The predicted octanol–water partition coefficient (Wildman–Crippen LogP) is 1.74. The lowest BCUT2D eigenvalue weighted by Crippen LogP contribution is -2.48. The molecule has 0 spiro atoms. The summed E-state index contributed by atoms with van der Waals surface area (Å²) in [7, 11) is 2.10. The maximum Gasteiger partial charge on any atom is 0.229 e. The second-order valence-electron chi connectivity index (χ2n) is 6.50. The number of amides is 2. The first-order valence-corrected chi connectivity index (χ1v) is 8.48. The molecule has 1 aromatic carbocycles. The summed E-state index contributed by atoms with van der Waals surface area (Å²) in [6.45, 7) is 3.38. The number of likely N-dealkylation sites (tertiary alicyclic amines) is 1. The Morgan fingerprint density at radius 3 is 2.52 bits per heavy atom. The Kier molecular flexibility index (Phi) is 4.96. The van der Waals surface area contributed by atoms with E-state index in [0.717, 1.165) is 19.6 Å². The van der Waals surface area contributed by atoms with Crippen molar-refractivity contribution in [2.45, 2.75) is 31.7 Å². The fraction of sp³-hybridized carbons (Fsp3) is 0.556. The zero-order valence-electron chi connectivity index (χ0n) is 13.8. The number of likely N-dealkylation sites (N-methyl/N-ethyl adjacent to an activating group) is 1. The van der Waals surface area contributed by atoms with Crippen molar-refractivity contribution >= 4 is 17.5 Å². The van der Waals surface area contributed by atoms with E-state index in [9.17, 15) is 9.59 Å². The summed E-state index contributed by atoms with van der Waals surface area (Å²) in [5, 5.41) is 0. The summed E-state index contributed by atoms with van der Waals surface area (Å²) in [6.07, 6.45) is 3.11. The number of carbonyl (C=O) groups is 2. The van der Waals surface area contributed by atoms with Gasteiger partial charge in [0.2, 0.25) is 11.8 Å². The number of rotatable bonds is 5. The molecule has 1 atom stereocenters. The number of imide groups is 1. The minimum Gasteiger partial charge on any atom is -0.370 e. The zero-order chi connectivity index (χ0) is 16.2. The van der Waals surface area contributed by atoms with Gasteiger partial charge in [-0.2, -0.15) is 0 Å². The molecule has 3 rings (SSSR count). The van der Waals surface area contributed by atoms with E-state index in [1.54, 1.807) is 0 Å². The van der Waals surface area contributed by atoms with Crippen LogP contribution in [0.25, 0.3) is 0 Å². The first-order valence-electron chi connectivity index (χ1n) is 8.48. The molecule has 0 N–H and O–H groups in total. The summed E-state index contributed by atoms with van der Waals surface area (Å²) >= 11 is 0. The largest absolute Gasteiger partial charge is 0.370 e. The molecule has 0 radical (unpaired) electrons. The summed E-state index contributed by atoms with van der Waals surface area (Å²) in [6, 6.07) is 11.0. The molecule has 0 bridgehead atoms. The van der Waals surface area contributed by atoms with Crippen LogP contribution < -0.4 is 4.90 Å². The van der Waals surface area contributed by atoms with Crippen molar-refractivity contribution in [2.75, 3.05) is 38.1 Å². The minimum absolute atomic E-state index is 0.0158. The van der Waals surface area contributed by atoms with Crippen molar-refractivity contribution in [3.8, 4) is 0 Å². The van der Waals surface area contributed by atoms with Crippen LogP contribution in [0.15, 0.2) is 30.3 Å². The van der Waals surface area contributed by atoms with Gasteiger partial charge in [-0.25, -0.2) is 0 Å². The smallest absolute Gasteiger partial charge is 0.229 e. The first-order chi connectivity index (χ1) is 11.1. The van der Waals surface area contributed by atoms with Crippen LogP contribution in [0.4, 0.5) is 5.69 Å². The SMILES string of the molecule is CN(CCN1C(=O)CCC1=O)[C@H]1CCCN(c2ccccc2)C1. The molecule has 2 fully saturated rings. The van der Waals surface area contributed by atoms with Gasteiger partial charge in [0, 0.05) is 50.7 Å². The average molecular weight is 315 g/mol. The third-order valence-corrected chi connectivity index (χ3v) is 4.97. The molecule has 0 aliphatic carbocycles. The molecule has 23 heavy (non-hydrogen) atoms. The van der Waals surface area contributed by atoms with Crippen LogP contribution in [0.5, 0.6) is 0 Å². The maximum atomic E-state index is 11.7. The highest BCUT2D eigenvalue weighted by Gasteiger charge is 2.30. The third kappa shape index (κ3) is 3.72. The first kappa shape index (κ1) is 16.0. The van der Waals surface area contributed by atoms with Crippen LogP contribution in [0.1, 0.15) is 25.7 Å². The maximum absolute atomic E-state index is 11.7. The van der Waals surface area contributed by atoms with E-state index in [2.05, 4.69) is 41.1 Å². The molecule has 0 unspecified atom stereocenters. The number of nitrogens with zero attached hydrogens (tertiary/aromatic N) is 3. The Hall–Kier alpha value is -1.88. The molecule has 2 amide bonds. The van der Waals surface area contributed by atoms with Crippen molar-refractivity contribution in [2.24, 2.45) is 0 Å². The number of para-hydroxylation sites is 1. The summed E-state index contributed by atoms with van der Waals surface area (Å²) in [4.78, 5) is 29.5. The van der Waals surface area contributed by atoms with Crippen molar-refractivity contribution in [3.05, 3.63) is 30.3 Å². The van der Waals surface area contributed by atoms with E-state index in [1.165, 1.54) is 23.4 Å². The number of hydrogen-bond donors (Lipinski definition) is 0. The Labute approximate surface area is 137 Å². The summed E-state index contributed by atoms with van der Waals surface area (Å²) < 4.78 is 0. The van der Waals surface area contributed by atoms with E-state index in [-0.39, 0.29) is 11.8 Å². The Morgan fingerprint density at radius 2 is 1.83 bits per heavy atom. The van der Waals surface area contributed by atoms with Gasteiger partial charge in [-0.15, -0.1) is 0 Å². The van der Waals surface area contributed by atoms with Crippen LogP contribution >= 0.6 is 0 Å². The normalized spacial score (nSPS) is 22.3. The van der Waals surface area contributed by atoms with Gasteiger partial charge < -0.3 is 4.90 Å². The van der Waals surface area contributed by atoms with Crippen LogP contribution in [-0.2, 0) is 9.59 Å². The molecular weight excluding hydrogens is 290 g/mol. The van der Waals surface area contributed by atoms with Gasteiger partial charge in [-0.3, -0.25) is 19.4 Å². The molecule has 124 valence electrons. The molecule has 2 heterocycles. The van der Waals surface area contributed by atoms with Crippen LogP contribution in [0, 0.1) is 0 Å². The van der Waals surface area contributed by atoms with Crippen molar-refractivity contribution < 1.29 is 9.59 Å². The number of anilines is 1. The van der Waals surface area contributed by atoms with E-state index >= 15 is 0 Å². The molecule has 2 aliphatic rings. The fourth-order valence-electron chi connectivity index (χ4n) is 3.50. The average Bonchev–Trinajstić information content (AvgIpc) is 2.92. The number of benzene rings is 1. The molecular formula is C18H25N3O2. The Balaban J connectivity index is 1.54. The molecule has 1 aromatic rings. The second-order valence-corrected chi connectivity index (χ2v) is 6.50. The lowest BCUT2D eigenvalue weighted by atomic mass is 10.0. The van der Waals surface area contributed by atoms with Gasteiger partial charge in [0.1, 0.15) is 0 Å². The van der Waals surface area contributed by atoms with Gasteiger partial charge in [-0.1, -0.05) is 18.2 Å². The second kappa shape index (κ2) is 7.13. The molecule has 5 nitrogen and oxygen atoms in total. The van der Waals surface area contributed by atoms with E-state index in [4.69, 9.17) is 0 Å². The van der Waals surface area contributed by atoms with E-state index < -0.39 is 0 Å². The van der Waals surface area contributed by atoms with Gasteiger partial charge in [0.15, 0.2) is 0 Å². The standard InChI is InChI=1S/C18H25N3O2/c1-19(12-13-21-17(22)9-10-18(21)23)16-8-5-11-20(14-16)15-6-3-2-4-7-15/h2-4,6-7,16H,5,8-14H2,1H3/t16-/m0/s1. The van der Waals surface area contributed by atoms with Crippen molar-refractivity contribution in [1.82, 2.24) is 9.80 Å². The quantitative estimate of drug-likeness (QED) is 0.776. The van der Waals surface area contributed by atoms with Crippen LogP contribution in [-0.4, -0.2) is 60.9 Å². The van der Waals surface area contributed by atoms with Crippen molar-refractivity contribution in [1.29, 1.82) is 0 Å². The summed E-state index contributed by atoms with van der Waals surface area (Å²) in [5.41, 5.74) is 1.27. The van der Waals surface area contributed by atoms with Crippen molar-refractivity contribution in [3.63, 3.8) is 0 Å². The molecule has 0 aromatic heterocycles. The highest BCUT2D eigenvalue weighted by Crippen LogP contribution is 2.22. The van der Waals surface area contributed by atoms with Gasteiger partial charge in [0.25, 0.3) is 0 Å². The summed E-state index contributed by atoms with van der Waals surface area (Å²) in [5.74, 6) is -0.0316. The number of hydrogen-bond acceptors (Lipinski definition) is 4. The number of carbonyl (C=O) groups excluding carboxylic acids is 2.